The first-order valence-electron chi connectivity index (χ1n) is 10.3. The van der Waals surface area contributed by atoms with Crippen molar-refractivity contribution in [3.8, 4) is 0 Å². The Kier molecular flexibility index (Phi) is 6.57. The third kappa shape index (κ3) is 4.75. The molecule has 4 rings (SSSR count). The van der Waals surface area contributed by atoms with E-state index in [1.54, 1.807) is 37.6 Å². The minimum absolute atomic E-state index is 0.175. The molecular weight excluding hydrogens is 414 g/mol. The molecule has 2 aromatic carbocycles. The van der Waals surface area contributed by atoms with Crippen LogP contribution in [0.1, 0.15) is 29.2 Å². The van der Waals surface area contributed by atoms with E-state index >= 15 is 0 Å². The highest BCUT2D eigenvalue weighted by molar-refractivity contribution is 7.91. The number of benzene rings is 2. The Morgan fingerprint density at radius 2 is 1.81 bits per heavy atom. The van der Waals surface area contributed by atoms with Crippen LogP contribution in [0.3, 0.4) is 0 Å². The Hall–Kier alpha value is -2.45. The standard InChI is InChI=1S/C24H27NO5S/c1-17-8-10-19(11-9-17)31(26,27)24-14-25-13-20(24)21-12-22(28-2)23(30-21)16-29-15-18-6-4-3-5-7-18/h3-11,13-14,21-23,25H,12,15-16H2,1-2H3/t21-,22+,23-/m1/s1. The monoisotopic (exact) mass is 441 g/mol. The Bertz CT molecular complexity index is 1090. The molecule has 2 heterocycles. The molecule has 1 fully saturated rings. The summed E-state index contributed by atoms with van der Waals surface area (Å²) in [5.41, 5.74) is 2.71. The fraction of sp³-hybridized carbons (Fsp3) is 0.333. The molecule has 0 bridgehead atoms. The second-order valence-corrected chi connectivity index (χ2v) is 9.68. The summed E-state index contributed by atoms with van der Waals surface area (Å²) in [5, 5.41) is 0. The summed E-state index contributed by atoms with van der Waals surface area (Å²) < 4.78 is 44.1. The summed E-state index contributed by atoms with van der Waals surface area (Å²) in [6.07, 6.45) is 2.94. The van der Waals surface area contributed by atoms with E-state index in [-0.39, 0.29) is 22.0 Å². The average molecular weight is 442 g/mol. The predicted octanol–water partition coefficient (Wildman–Crippen LogP) is 4.22. The number of aromatic nitrogens is 1. The third-order valence-electron chi connectivity index (χ3n) is 5.60. The van der Waals surface area contributed by atoms with Gasteiger partial charge in [0.05, 0.1) is 35.2 Å². The highest BCUT2D eigenvalue weighted by atomic mass is 32.2. The van der Waals surface area contributed by atoms with Crippen molar-refractivity contribution in [3.05, 3.63) is 83.7 Å². The molecule has 0 amide bonds. The van der Waals surface area contributed by atoms with Gasteiger partial charge in [-0.25, -0.2) is 8.42 Å². The fourth-order valence-electron chi connectivity index (χ4n) is 3.87. The largest absolute Gasteiger partial charge is 0.379 e. The molecule has 1 N–H and O–H groups in total. The van der Waals surface area contributed by atoms with Gasteiger partial charge in [0, 0.05) is 31.5 Å². The second kappa shape index (κ2) is 9.36. The first-order chi connectivity index (χ1) is 15.0. The van der Waals surface area contributed by atoms with E-state index in [9.17, 15) is 8.42 Å². The lowest BCUT2D eigenvalue weighted by Crippen LogP contribution is -2.28. The Morgan fingerprint density at radius 3 is 2.52 bits per heavy atom. The van der Waals surface area contributed by atoms with E-state index in [0.29, 0.717) is 25.2 Å². The van der Waals surface area contributed by atoms with E-state index in [1.165, 1.54) is 6.20 Å². The van der Waals surface area contributed by atoms with E-state index in [1.807, 2.05) is 37.3 Å². The van der Waals surface area contributed by atoms with Gasteiger partial charge >= 0.3 is 0 Å². The van der Waals surface area contributed by atoms with Crippen LogP contribution in [0.15, 0.2) is 76.8 Å². The van der Waals surface area contributed by atoms with Crippen molar-refractivity contribution in [2.24, 2.45) is 0 Å². The highest BCUT2D eigenvalue weighted by Gasteiger charge is 2.39. The lowest BCUT2D eigenvalue weighted by atomic mass is 10.1. The minimum atomic E-state index is -3.66. The van der Waals surface area contributed by atoms with Crippen LogP contribution in [0.2, 0.25) is 0 Å². The van der Waals surface area contributed by atoms with Gasteiger partial charge in [-0.1, -0.05) is 48.0 Å². The highest BCUT2D eigenvalue weighted by Crippen LogP contribution is 2.39. The SMILES string of the molecule is CO[C@H]1C[C@H](c2c[nH]cc2S(=O)(=O)c2ccc(C)cc2)O[C@@H]1COCc1ccccc1. The van der Waals surface area contributed by atoms with Crippen molar-refractivity contribution in [1.29, 1.82) is 0 Å². The van der Waals surface area contributed by atoms with Crippen LogP contribution in [0.5, 0.6) is 0 Å². The quantitative estimate of drug-likeness (QED) is 0.566. The van der Waals surface area contributed by atoms with E-state index in [4.69, 9.17) is 14.2 Å². The summed E-state index contributed by atoms with van der Waals surface area (Å²) in [4.78, 5) is 3.45. The van der Waals surface area contributed by atoms with E-state index in [2.05, 4.69) is 4.98 Å². The summed E-state index contributed by atoms with van der Waals surface area (Å²) in [7, 11) is -2.02. The van der Waals surface area contributed by atoms with Gasteiger partial charge < -0.3 is 19.2 Å². The Labute approximate surface area is 183 Å². The number of hydrogen-bond acceptors (Lipinski definition) is 5. The maximum absolute atomic E-state index is 13.2. The summed E-state index contributed by atoms with van der Waals surface area (Å²) >= 11 is 0. The van der Waals surface area contributed by atoms with Crippen molar-refractivity contribution < 1.29 is 22.6 Å². The molecule has 164 valence electrons. The van der Waals surface area contributed by atoms with Gasteiger partial charge in [-0.15, -0.1) is 0 Å². The molecule has 0 aliphatic carbocycles. The molecule has 31 heavy (non-hydrogen) atoms. The number of H-pyrrole nitrogens is 1. The predicted molar refractivity (Wildman–Crippen MR) is 117 cm³/mol. The van der Waals surface area contributed by atoms with Crippen LogP contribution in [0, 0.1) is 6.92 Å². The lowest BCUT2D eigenvalue weighted by Gasteiger charge is -2.17. The molecule has 1 aliphatic heterocycles. The third-order valence-corrected chi connectivity index (χ3v) is 7.43. The topological polar surface area (TPSA) is 77.6 Å². The number of methoxy groups -OCH3 is 1. The van der Waals surface area contributed by atoms with Gasteiger partial charge in [0.25, 0.3) is 0 Å². The van der Waals surface area contributed by atoms with Gasteiger partial charge in [0.2, 0.25) is 9.84 Å². The smallest absolute Gasteiger partial charge is 0.208 e. The molecule has 1 saturated heterocycles. The van der Waals surface area contributed by atoms with Crippen molar-refractivity contribution in [2.45, 2.75) is 48.1 Å². The molecule has 0 radical (unpaired) electrons. The molecule has 6 nitrogen and oxygen atoms in total. The molecule has 3 atom stereocenters. The number of rotatable bonds is 8. The molecule has 0 spiro atoms. The normalized spacial score (nSPS) is 21.4. The van der Waals surface area contributed by atoms with Gasteiger partial charge in [0.15, 0.2) is 0 Å². The number of hydrogen-bond donors (Lipinski definition) is 1. The van der Waals surface area contributed by atoms with Gasteiger partial charge in [-0.05, 0) is 24.6 Å². The van der Waals surface area contributed by atoms with Crippen molar-refractivity contribution in [2.75, 3.05) is 13.7 Å². The van der Waals surface area contributed by atoms with E-state index < -0.39 is 15.9 Å². The maximum Gasteiger partial charge on any atom is 0.208 e. The van der Waals surface area contributed by atoms with Gasteiger partial charge in [0.1, 0.15) is 6.10 Å². The van der Waals surface area contributed by atoms with Crippen molar-refractivity contribution in [3.63, 3.8) is 0 Å². The van der Waals surface area contributed by atoms with Crippen molar-refractivity contribution in [1.82, 2.24) is 4.98 Å². The molecule has 0 unspecified atom stereocenters. The van der Waals surface area contributed by atoms with Crippen LogP contribution in [0.4, 0.5) is 0 Å². The Morgan fingerprint density at radius 1 is 1.06 bits per heavy atom. The first kappa shape index (κ1) is 21.8. The summed E-state index contributed by atoms with van der Waals surface area (Å²) in [6, 6.07) is 16.8. The van der Waals surface area contributed by atoms with Gasteiger partial charge in [-0.2, -0.15) is 0 Å². The number of nitrogens with one attached hydrogen (secondary N) is 1. The molecule has 3 aromatic rings. The number of ether oxygens (including phenoxy) is 3. The molecular formula is C24H27NO5S. The molecule has 0 saturated carbocycles. The zero-order chi connectivity index (χ0) is 21.8. The average Bonchev–Trinajstić information content (AvgIpc) is 3.42. The van der Waals surface area contributed by atoms with Crippen molar-refractivity contribution >= 4 is 9.84 Å². The summed E-state index contributed by atoms with van der Waals surface area (Å²) in [6.45, 7) is 2.78. The van der Waals surface area contributed by atoms with Crippen LogP contribution >= 0.6 is 0 Å². The van der Waals surface area contributed by atoms with Crippen LogP contribution in [-0.4, -0.2) is 39.3 Å². The lowest BCUT2D eigenvalue weighted by molar-refractivity contribution is -0.0583. The van der Waals surface area contributed by atoms with Crippen LogP contribution < -0.4 is 0 Å². The van der Waals surface area contributed by atoms with Gasteiger partial charge in [-0.3, -0.25) is 0 Å². The maximum atomic E-state index is 13.2. The zero-order valence-corrected chi connectivity index (χ0v) is 18.5. The second-order valence-electron chi connectivity index (χ2n) is 7.77. The van der Waals surface area contributed by atoms with Crippen LogP contribution in [0.25, 0.3) is 0 Å². The molecule has 7 heteroatoms. The zero-order valence-electron chi connectivity index (χ0n) is 17.7. The van der Waals surface area contributed by atoms with Crippen LogP contribution in [-0.2, 0) is 30.7 Å². The number of sulfone groups is 1. The molecule has 1 aromatic heterocycles. The number of aryl methyl sites for hydroxylation is 1. The number of aromatic amines is 1. The minimum Gasteiger partial charge on any atom is -0.379 e. The Balaban J connectivity index is 1.48. The molecule has 1 aliphatic rings. The van der Waals surface area contributed by atoms with E-state index in [0.717, 1.165) is 11.1 Å². The summed E-state index contributed by atoms with van der Waals surface area (Å²) in [5.74, 6) is 0. The fourth-order valence-corrected chi connectivity index (χ4v) is 5.34. The first-order valence-corrected chi connectivity index (χ1v) is 11.8.